The van der Waals surface area contributed by atoms with Gasteiger partial charge in [-0.1, -0.05) is 12.1 Å². The summed E-state index contributed by atoms with van der Waals surface area (Å²) in [6, 6.07) is 7.17. The molecule has 3 atom stereocenters. The van der Waals surface area contributed by atoms with E-state index in [0.29, 0.717) is 12.6 Å². The number of hydrogen-bond donors (Lipinski definition) is 1. The van der Waals surface area contributed by atoms with E-state index in [4.69, 9.17) is 10.5 Å². The average Bonchev–Trinajstić information content (AvgIpc) is 2.80. The van der Waals surface area contributed by atoms with Crippen molar-refractivity contribution in [2.24, 2.45) is 5.73 Å². The Bertz CT molecular complexity index is 495. The first kappa shape index (κ1) is 14.8. The third kappa shape index (κ3) is 2.93. The fraction of sp³-hybridized carbons (Fsp3) is 0.647. The van der Waals surface area contributed by atoms with Crippen LogP contribution in [0, 0.1) is 0 Å². The van der Waals surface area contributed by atoms with Crippen LogP contribution >= 0.6 is 0 Å². The van der Waals surface area contributed by atoms with Crippen molar-refractivity contribution in [2.75, 3.05) is 38.1 Å². The van der Waals surface area contributed by atoms with Gasteiger partial charge in [0.2, 0.25) is 0 Å². The highest BCUT2D eigenvalue weighted by atomic mass is 16.5. The summed E-state index contributed by atoms with van der Waals surface area (Å²) in [4.78, 5) is 4.81. The highest BCUT2D eigenvalue weighted by Crippen LogP contribution is 2.31. The summed E-state index contributed by atoms with van der Waals surface area (Å²) in [6.45, 7) is 8.00. The molecule has 116 valence electrons. The fourth-order valence-corrected chi connectivity index (χ4v) is 3.76. The highest BCUT2D eigenvalue weighted by Gasteiger charge is 2.29. The largest absolute Gasteiger partial charge is 0.374 e. The van der Waals surface area contributed by atoms with E-state index in [9.17, 15) is 0 Å². The second-order valence-corrected chi connectivity index (χ2v) is 6.52. The van der Waals surface area contributed by atoms with Gasteiger partial charge in [0.1, 0.15) is 0 Å². The van der Waals surface area contributed by atoms with Gasteiger partial charge < -0.3 is 15.4 Å². The summed E-state index contributed by atoms with van der Waals surface area (Å²) < 4.78 is 5.85. The first-order chi connectivity index (χ1) is 10.1. The van der Waals surface area contributed by atoms with E-state index < -0.39 is 0 Å². The molecule has 0 spiro atoms. The molecule has 0 bridgehead atoms. The molecule has 2 aliphatic heterocycles. The molecule has 2 heterocycles. The Morgan fingerprint density at radius 3 is 2.67 bits per heavy atom. The minimum Gasteiger partial charge on any atom is -0.374 e. The van der Waals surface area contributed by atoms with Crippen LogP contribution in [0.25, 0.3) is 0 Å². The van der Waals surface area contributed by atoms with E-state index in [-0.39, 0.29) is 12.2 Å². The molecule has 1 saturated heterocycles. The molecule has 21 heavy (non-hydrogen) atoms. The Labute approximate surface area is 127 Å². The summed E-state index contributed by atoms with van der Waals surface area (Å²) >= 11 is 0. The van der Waals surface area contributed by atoms with E-state index in [2.05, 4.69) is 48.9 Å². The predicted molar refractivity (Wildman–Crippen MR) is 86.8 cm³/mol. The van der Waals surface area contributed by atoms with Crippen LogP contribution in [0.5, 0.6) is 0 Å². The smallest absolute Gasteiger partial charge is 0.0678 e. The lowest BCUT2D eigenvalue weighted by atomic mass is 10.00. The first-order valence-corrected chi connectivity index (χ1v) is 8.02. The molecule has 2 aliphatic rings. The van der Waals surface area contributed by atoms with Crippen molar-refractivity contribution in [3.8, 4) is 0 Å². The summed E-state index contributed by atoms with van der Waals surface area (Å²) in [7, 11) is 2.16. The van der Waals surface area contributed by atoms with Crippen molar-refractivity contribution in [3.63, 3.8) is 0 Å². The van der Waals surface area contributed by atoms with Crippen molar-refractivity contribution in [2.45, 2.75) is 38.5 Å². The number of hydrogen-bond acceptors (Lipinski definition) is 4. The molecule has 2 N–H and O–H groups in total. The monoisotopic (exact) mass is 289 g/mol. The zero-order valence-electron chi connectivity index (χ0n) is 13.4. The van der Waals surface area contributed by atoms with E-state index >= 15 is 0 Å². The lowest BCUT2D eigenvalue weighted by molar-refractivity contribution is -0.0799. The third-order valence-corrected chi connectivity index (χ3v) is 4.73. The number of benzene rings is 1. The van der Waals surface area contributed by atoms with Crippen LogP contribution < -0.4 is 10.6 Å². The van der Waals surface area contributed by atoms with E-state index in [1.54, 1.807) is 0 Å². The number of nitrogens with two attached hydrogens (primary N) is 1. The molecular formula is C17H27N3O. The van der Waals surface area contributed by atoms with Gasteiger partial charge in [-0.3, -0.25) is 4.90 Å². The molecule has 0 aromatic heterocycles. The summed E-state index contributed by atoms with van der Waals surface area (Å²) in [6.07, 6.45) is 1.71. The quantitative estimate of drug-likeness (QED) is 0.921. The van der Waals surface area contributed by atoms with Gasteiger partial charge in [0.15, 0.2) is 0 Å². The highest BCUT2D eigenvalue weighted by molar-refractivity contribution is 5.58. The summed E-state index contributed by atoms with van der Waals surface area (Å²) in [5, 5.41) is 0. The average molecular weight is 289 g/mol. The normalized spacial score (nSPS) is 27.7. The van der Waals surface area contributed by atoms with Crippen molar-refractivity contribution < 1.29 is 4.74 Å². The molecular weight excluding hydrogens is 262 g/mol. The van der Waals surface area contributed by atoms with Gasteiger partial charge in [-0.15, -0.1) is 0 Å². The number of rotatable bonds is 3. The number of likely N-dealkylation sites (N-methyl/N-ethyl adjacent to an activating group) is 1. The molecule has 0 radical (unpaired) electrons. The van der Waals surface area contributed by atoms with Gasteiger partial charge in [0, 0.05) is 45.0 Å². The van der Waals surface area contributed by atoms with E-state index in [1.807, 2.05) is 0 Å². The summed E-state index contributed by atoms with van der Waals surface area (Å²) in [5.41, 5.74) is 10.3. The van der Waals surface area contributed by atoms with Crippen LogP contribution in [0.15, 0.2) is 18.2 Å². The van der Waals surface area contributed by atoms with Gasteiger partial charge in [-0.05, 0) is 37.5 Å². The maximum atomic E-state index is 6.11. The van der Waals surface area contributed by atoms with Crippen molar-refractivity contribution in [3.05, 3.63) is 29.3 Å². The second-order valence-electron chi connectivity index (χ2n) is 6.52. The summed E-state index contributed by atoms with van der Waals surface area (Å²) in [5.74, 6) is 0. The second kappa shape index (κ2) is 5.95. The standard InChI is InChI=1S/C17H27N3O/c1-12-10-20(11-13(2)21-12)17(9-18)14-4-5-16-15(8-14)6-7-19(16)3/h4-5,8,12-13,17H,6-7,9-11,18H2,1-3H3. The number of anilines is 1. The lowest BCUT2D eigenvalue weighted by Gasteiger charge is -2.40. The van der Waals surface area contributed by atoms with Crippen LogP contribution in [0.1, 0.15) is 31.0 Å². The molecule has 1 aromatic carbocycles. The van der Waals surface area contributed by atoms with Gasteiger partial charge in [-0.2, -0.15) is 0 Å². The molecule has 4 nitrogen and oxygen atoms in total. The minimum absolute atomic E-state index is 0.281. The van der Waals surface area contributed by atoms with Crippen molar-refractivity contribution >= 4 is 5.69 Å². The Balaban J connectivity index is 1.83. The van der Waals surface area contributed by atoms with Crippen LogP contribution in [0.2, 0.25) is 0 Å². The molecule has 0 aliphatic carbocycles. The molecule has 3 unspecified atom stereocenters. The topological polar surface area (TPSA) is 41.7 Å². The molecule has 1 aromatic rings. The molecule has 1 fully saturated rings. The van der Waals surface area contributed by atoms with Gasteiger partial charge in [0.05, 0.1) is 12.2 Å². The Morgan fingerprint density at radius 1 is 1.29 bits per heavy atom. The van der Waals surface area contributed by atoms with Crippen molar-refractivity contribution in [1.82, 2.24) is 4.90 Å². The first-order valence-electron chi connectivity index (χ1n) is 8.02. The molecule has 4 heteroatoms. The minimum atomic E-state index is 0.281. The maximum absolute atomic E-state index is 6.11. The Kier molecular flexibility index (Phi) is 4.20. The molecule has 0 amide bonds. The van der Waals surface area contributed by atoms with Crippen molar-refractivity contribution in [1.29, 1.82) is 0 Å². The number of ether oxygens (including phenoxy) is 1. The zero-order chi connectivity index (χ0) is 15.0. The van der Waals surface area contributed by atoms with E-state index in [0.717, 1.165) is 26.1 Å². The maximum Gasteiger partial charge on any atom is 0.0678 e. The van der Waals surface area contributed by atoms with Crippen LogP contribution in [-0.2, 0) is 11.2 Å². The van der Waals surface area contributed by atoms with E-state index in [1.165, 1.54) is 16.8 Å². The van der Waals surface area contributed by atoms with Crippen LogP contribution in [0.4, 0.5) is 5.69 Å². The fourth-order valence-electron chi connectivity index (χ4n) is 3.76. The zero-order valence-corrected chi connectivity index (χ0v) is 13.4. The third-order valence-electron chi connectivity index (χ3n) is 4.73. The Morgan fingerprint density at radius 2 is 2.00 bits per heavy atom. The van der Waals surface area contributed by atoms with Gasteiger partial charge in [0.25, 0.3) is 0 Å². The number of morpholine rings is 1. The number of fused-ring (bicyclic) bond motifs is 1. The molecule has 0 saturated carbocycles. The number of nitrogens with zero attached hydrogens (tertiary/aromatic N) is 2. The van der Waals surface area contributed by atoms with Gasteiger partial charge >= 0.3 is 0 Å². The SMILES string of the molecule is CC1CN(C(CN)c2ccc3c(c2)CCN3C)CC(C)O1. The van der Waals surface area contributed by atoms with Crippen LogP contribution in [-0.4, -0.2) is 50.3 Å². The molecule has 3 rings (SSSR count). The van der Waals surface area contributed by atoms with Crippen LogP contribution in [0.3, 0.4) is 0 Å². The lowest BCUT2D eigenvalue weighted by Crippen LogP contribution is -2.48. The predicted octanol–water partition coefficient (Wildman–Crippen LogP) is 1.79. The Hall–Kier alpha value is -1.10. The van der Waals surface area contributed by atoms with Gasteiger partial charge in [-0.25, -0.2) is 0 Å².